The number of rotatable bonds is 1. The average molecular weight is 272 g/mol. The second-order valence-corrected chi connectivity index (χ2v) is 5.04. The number of amides is 2. The normalized spacial score (nSPS) is 10.9. The summed E-state index contributed by atoms with van der Waals surface area (Å²) < 4.78 is 4.86. The summed E-state index contributed by atoms with van der Waals surface area (Å²) in [5, 5.41) is 9.84. The van der Waals surface area contributed by atoms with Crippen molar-refractivity contribution in [3.05, 3.63) is 34.9 Å². The molecule has 1 aromatic carbocycles. The zero-order chi connectivity index (χ0) is 13.9. The molecule has 98 valence electrons. The number of ether oxygens (including phenoxy) is 1. The number of benzene rings is 1. The number of hydroxylamine groups is 2. The number of nitrogens with zero attached hydrogens (tertiary/aromatic N) is 1. The Morgan fingerprint density at radius 2 is 1.72 bits per heavy atom. The molecule has 0 saturated heterocycles. The van der Waals surface area contributed by atoms with Gasteiger partial charge in [0.15, 0.2) is 0 Å². The third-order valence-corrected chi connectivity index (χ3v) is 2.10. The van der Waals surface area contributed by atoms with E-state index in [0.29, 0.717) is 5.02 Å². The summed E-state index contributed by atoms with van der Waals surface area (Å²) in [4.78, 5) is 23.2. The summed E-state index contributed by atoms with van der Waals surface area (Å²) in [5.74, 6) is -0.874. The Labute approximate surface area is 110 Å². The highest BCUT2D eigenvalue weighted by Gasteiger charge is 2.26. The fourth-order valence-electron chi connectivity index (χ4n) is 1.10. The van der Waals surface area contributed by atoms with Crippen molar-refractivity contribution in [1.29, 1.82) is 0 Å². The summed E-state index contributed by atoms with van der Waals surface area (Å²) in [7, 11) is 0. The fourth-order valence-corrected chi connectivity index (χ4v) is 1.23. The lowest BCUT2D eigenvalue weighted by Gasteiger charge is -2.22. The zero-order valence-electron chi connectivity index (χ0n) is 10.3. The SMILES string of the molecule is CC(C)(C)OC(=O)N(O)C(=O)c1ccc(Cl)cc1. The summed E-state index contributed by atoms with van der Waals surface area (Å²) in [6.07, 6.45) is -1.12. The number of imide groups is 1. The summed E-state index contributed by atoms with van der Waals surface area (Å²) in [6, 6.07) is 5.77. The number of halogens is 1. The van der Waals surface area contributed by atoms with Gasteiger partial charge in [-0.3, -0.25) is 10.0 Å². The number of hydrogen-bond acceptors (Lipinski definition) is 4. The van der Waals surface area contributed by atoms with Crippen molar-refractivity contribution in [2.45, 2.75) is 26.4 Å². The molecule has 0 atom stereocenters. The van der Waals surface area contributed by atoms with Crippen LogP contribution in [0.5, 0.6) is 0 Å². The van der Waals surface area contributed by atoms with Crippen LogP contribution in [0, 0.1) is 0 Å². The van der Waals surface area contributed by atoms with Gasteiger partial charge in [0.1, 0.15) is 5.60 Å². The lowest BCUT2D eigenvalue weighted by molar-refractivity contribution is -0.0697. The Kier molecular flexibility index (Phi) is 4.32. The van der Waals surface area contributed by atoms with Gasteiger partial charge in [-0.1, -0.05) is 11.6 Å². The molecule has 0 saturated carbocycles. The van der Waals surface area contributed by atoms with E-state index in [1.165, 1.54) is 24.3 Å². The van der Waals surface area contributed by atoms with Crippen LogP contribution in [0.2, 0.25) is 5.02 Å². The molecule has 1 aromatic rings. The third-order valence-electron chi connectivity index (χ3n) is 1.85. The van der Waals surface area contributed by atoms with Gasteiger partial charge in [-0.25, -0.2) is 4.79 Å². The smallest absolute Gasteiger partial charge is 0.442 e. The minimum atomic E-state index is -1.12. The van der Waals surface area contributed by atoms with E-state index in [4.69, 9.17) is 16.3 Å². The monoisotopic (exact) mass is 271 g/mol. The van der Waals surface area contributed by atoms with Crippen LogP contribution in [0.1, 0.15) is 31.1 Å². The summed E-state index contributed by atoms with van der Waals surface area (Å²) in [5.41, 5.74) is -0.661. The summed E-state index contributed by atoms with van der Waals surface area (Å²) in [6.45, 7) is 4.89. The van der Waals surface area contributed by atoms with Gasteiger partial charge in [-0.2, -0.15) is 0 Å². The van der Waals surface area contributed by atoms with Crippen molar-refractivity contribution >= 4 is 23.6 Å². The molecule has 0 spiro atoms. The largest absolute Gasteiger partial charge is 0.442 e. The van der Waals surface area contributed by atoms with Gasteiger partial charge in [-0.05, 0) is 45.0 Å². The van der Waals surface area contributed by atoms with Crippen LogP contribution in [0.3, 0.4) is 0 Å². The van der Waals surface area contributed by atoms with E-state index in [1.807, 2.05) is 0 Å². The standard InChI is InChI=1S/C12H14ClNO4/c1-12(2,3)18-11(16)14(17)10(15)8-4-6-9(13)7-5-8/h4-7,17H,1-3H3. The Hall–Kier alpha value is -1.59. The Balaban J connectivity index is 2.78. The van der Waals surface area contributed by atoms with Crippen molar-refractivity contribution in [2.75, 3.05) is 0 Å². The van der Waals surface area contributed by atoms with E-state index in [1.54, 1.807) is 20.8 Å². The molecule has 6 heteroatoms. The van der Waals surface area contributed by atoms with Crippen LogP contribution in [0.4, 0.5) is 4.79 Å². The molecule has 0 fully saturated rings. The van der Waals surface area contributed by atoms with Gasteiger partial charge in [0.2, 0.25) is 0 Å². The molecule has 0 heterocycles. The lowest BCUT2D eigenvalue weighted by atomic mass is 10.2. The minimum Gasteiger partial charge on any atom is -0.442 e. The van der Waals surface area contributed by atoms with Crippen molar-refractivity contribution < 1.29 is 19.5 Å². The van der Waals surface area contributed by atoms with Crippen LogP contribution in [-0.4, -0.2) is 27.9 Å². The minimum absolute atomic E-state index is 0.0610. The van der Waals surface area contributed by atoms with Gasteiger partial charge in [0.05, 0.1) is 0 Å². The Bertz CT molecular complexity index is 450. The fraction of sp³-hybridized carbons (Fsp3) is 0.333. The van der Waals surface area contributed by atoms with Crippen LogP contribution >= 0.6 is 11.6 Å². The van der Waals surface area contributed by atoms with Gasteiger partial charge < -0.3 is 4.74 Å². The van der Waals surface area contributed by atoms with E-state index in [0.717, 1.165) is 0 Å². The van der Waals surface area contributed by atoms with Crippen LogP contribution in [0.25, 0.3) is 0 Å². The number of carbonyl (C=O) groups excluding carboxylic acids is 2. The quantitative estimate of drug-likeness (QED) is 0.629. The van der Waals surface area contributed by atoms with Gasteiger partial charge in [0, 0.05) is 10.6 Å². The predicted octanol–water partition coefficient (Wildman–Crippen LogP) is 3.11. The Morgan fingerprint density at radius 1 is 1.22 bits per heavy atom. The maximum Gasteiger partial charge on any atom is 0.442 e. The Morgan fingerprint density at radius 3 is 2.17 bits per heavy atom. The zero-order valence-corrected chi connectivity index (χ0v) is 11.1. The van der Waals surface area contributed by atoms with Gasteiger partial charge >= 0.3 is 6.09 Å². The van der Waals surface area contributed by atoms with Crippen molar-refractivity contribution in [3.63, 3.8) is 0 Å². The molecule has 0 radical (unpaired) electrons. The molecule has 0 unspecified atom stereocenters. The third kappa shape index (κ3) is 4.01. The second-order valence-electron chi connectivity index (χ2n) is 4.60. The number of carbonyl (C=O) groups is 2. The highest BCUT2D eigenvalue weighted by atomic mass is 35.5. The van der Waals surface area contributed by atoms with E-state index >= 15 is 0 Å². The van der Waals surface area contributed by atoms with Crippen LogP contribution in [-0.2, 0) is 4.74 Å². The van der Waals surface area contributed by atoms with E-state index in [9.17, 15) is 14.8 Å². The summed E-state index contributed by atoms with van der Waals surface area (Å²) >= 11 is 5.67. The molecule has 0 aliphatic carbocycles. The highest BCUT2D eigenvalue weighted by Crippen LogP contribution is 2.13. The first-order valence-corrected chi connectivity index (χ1v) is 5.60. The molecule has 1 N–H and O–H groups in total. The first-order chi connectivity index (χ1) is 8.20. The number of hydrogen-bond donors (Lipinski definition) is 1. The molecule has 0 aromatic heterocycles. The van der Waals surface area contributed by atoms with E-state index in [2.05, 4.69) is 0 Å². The van der Waals surface area contributed by atoms with Crippen molar-refractivity contribution in [1.82, 2.24) is 5.06 Å². The maximum atomic E-state index is 11.7. The molecule has 0 aliphatic heterocycles. The second kappa shape index (κ2) is 5.37. The molecule has 1 rings (SSSR count). The first-order valence-electron chi connectivity index (χ1n) is 5.22. The lowest BCUT2D eigenvalue weighted by Crippen LogP contribution is -2.38. The molecule has 5 nitrogen and oxygen atoms in total. The van der Waals surface area contributed by atoms with Crippen molar-refractivity contribution in [2.24, 2.45) is 0 Å². The molecule has 18 heavy (non-hydrogen) atoms. The molecular weight excluding hydrogens is 258 g/mol. The highest BCUT2D eigenvalue weighted by molar-refractivity contribution is 6.30. The van der Waals surface area contributed by atoms with Crippen LogP contribution in [0.15, 0.2) is 24.3 Å². The van der Waals surface area contributed by atoms with Gasteiger partial charge in [-0.15, -0.1) is 5.06 Å². The molecule has 2 amide bonds. The average Bonchev–Trinajstić information content (AvgIpc) is 2.26. The maximum absolute atomic E-state index is 11.7. The topological polar surface area (TPSA) is 66.8 Å². The molecule has 0 bridgehead atoms. The molecular formula is C12H14ClNO4. The van der Waals surface area contributed by atoms with Crippen molar-refractivity contribution in [3.8, 4) is 0 Å². The predicted molar refractivity (Wildman–Crippen MR) is 65.6 cm³/mol. The first kappa shape index (κ1) is 14.5. The van der Waals surface area contributed by atoms with E-state index in [-0.39, 0.29) is 10.6 Å². The van der Waals surface area contributed by atoms with E-state index < -0.39 is 17.6 Å². The van der Waals surface area contributed by atoms with Crippen LogP contribution < -0.4 is 0 Å². The van der Waals surface area contributed by atoms with Gasteiger partial charge in [0.25, 0.3) is 5.91 Å². The molecule has 0 aliphatic rings.